The zero-order valence-electron chi connectivity index (χ0n) is 20.6. The molecule has 10 nitrogen and oxygen atoms in total. The highest BCUT2D eigenvalue weighted by Crippen LogP contribution is 2.24. The van der Waals surface area contributed by atoms with Crippen molar-refractivity contribution in [1.29, 1.82) is 0 Å². The predicted octanol–water partition coefficient (Wildman–Crippen LogP) is 3.50. The van der Waals surface area contributed by atoms with Crippen LogP contribution in [0.25, 0.3) is 5.69 Å². The lowest BCUT2D eigenvalue weighted by Gasteiger charge is -2.13. The van der Waals surface area contributed by atoms with E-state index in [1.165, 1.54) is 32.5 Å². The van der Waals surface area contributed by atoms with Gasteiger partial charge in [-0.25, -0.2) is 19.4 Å². The molecule has 0 fully saturated rings. The lowest BCUT2D eigenvalue weighted by Crippen LogP contribution is -2.16. The molecule has 0 aliphatic heterocycles. The number of nitrogens with zero attached hydrogens (tertiary/aromatic N) is 2. The number of aromatic nitrogens is 2. The van der Waals surface area contributed by atoms with Crippen molar-refractivity contribution in [2.24, 2.45) is 0 Å². The van der Waals surface area contributed by atoms with Gasteiger partial charge < -0.3 is 23.5 Å². The van der Waals surface area contributed by atoms with Crippen LogP contribution >= 0.6 is 0 Å². The van der Waals surface area contributed by atoms with E-state index in [-0.39, 0.29) is 22.6 Å². The molecule has 10 heteroatoms. The molecule has 3 rings (SSSR count). The molecule has 0 amide bonds. The number of ether oxygens (including phenoxy) is 4. The lowest BCUT2D eigenvalue weighted by molar-refractivity contribution is 0.0469. The standard InChI is InChI=1S/C26H26N2O8/c1-6-35-23-20(8-7-9-27-23)26(32)36-14-22(29)21-10-15(2)28(16(21)3)19-12-17(24(30)33-4)11-18(13-19)25(31)34-5/h7-13H,6,14H2,1-5H3. The van der Waals surface area contributed by atoms with Crippen LogP contribution in [0.3, 0.4) is 0 Å². The lowest BCUT2D eigenvalue weighted by atomic mass is 10.1. The van der Waals surface area contributed by atoms with Gasteiger partial charge in [0.2, 0.25) is 11.7 Å². The first kappa shape index (κ1) is 26.1. The number of esters is 3. The molecule has 0 aliphatic rings. The van der Waals surface area contributed by atoms with Crippen molar-refractivity contribution in [3.63, 3.8) is 0 Å². The van der Waals surface area contributed by atoms with E-state index in [1.54, 1.807) is 49.6 Å². The summed E-state index contributed by atoms with van der Waals surface area (Å²) in [5, 5.41) is 0. The summed E-state index contributed by atoms with van der Waals surface area (Å²) in [6, 6.07) is 9.18. The van der Waals surface area contributed by atoms with Crippen LogP contribution in [0.5, 0.6) is 5.88 Å². The first-order valence-corrected chi connectivity index (χ1v) is 11.0. The topological polar surface area (TPSA) is 123 Å². The molecule has 0 N–H and O–H groups in total. The first-order chi connectivity index (χ1) is 17.2. The Balaban J connectivity index is 1.90. The Hall–Kier alpha value is -4.47. The third-order valence-corrected chi connectivity index (χ3v) is 5.36. The molecule has 2 heterocycles. The van der Waals surface area contributed by atoms with Crippen molar-refractivity contribution in [2.75, 3.05) is 27.4 Å². The fraction of sp³-hybridized carbons (Fsp3) is 0.269. The quantitative estimate of drug-likeness (QED) is 0.250. The molecule has 0 atom stereocenters. The molecule has 0 spiro atoms. The highest BCUT2D eigenvalue weighted by Gasteiger charge is 2.22. The number of rotatable bonds is 9. The Morgan fingerprint density at radius 2 is 1.53 bits per heavy atom. The molecule has 0 radical (unpaired) electrons. The number of Topliss-reactive ketones (excluding diaryl/α,β-unsaturated/α-hetero) is 1. The highest BCUT2D eigenvalue weighted by molar-refractivity contribution is 6.01. The van der Waals surface area contributed by atoms with Gasteiger partial charge >= 0.3 is 17.9 Å². The molecule has 0 bridgehead atoms. The number of aryl methyl sites for hydroxylation is 1. The number of carbonyl (C=O) groups is 4. The van der Waals surface area contributed by atoms with Crippen LogP contribution < -0.4 is 4.74 Å². The van der Waals surface area contributed by atoms with Crippen molar-refractivity contribution < 1.29 is 38.1 Å². The van der Waals surface area contributed by atoms with Gasteiger partial charge in [-0.2, -0.15) is 0 Å². The van der Waals surface area contributed by atoms with Crippen LogP contribution in [-0.4, -0.2) is 60.7 Å². The van der Waals surface area contributed by atoms with E-state index in [0.717, 1.165) is 0 Å². The number of ketones is 1. The normalized spacial score (nSPS) is 10.5. The number of carbonyl (C=O) groups excluding carboxylic acids is 4. The number of hydrogen-bond acceptors (Lipinski definition) is 9. The van der Waals surface area contributed by atoms with E-state index in [4.69, 9.17) is 18.9 Å². The van der Waals surface area contributed by atoms with E-state index in [2.05, 4.69) is 4.98 Å². The van der Waals surface area contributed by atoms with Crippen molar-refractivity contribution in [3.8, 4) is 11.6 Å². The summed E-state index contributed by atoms with van der Waals surface area (Å²) in [6.45, 7) is 5.05. The highest BCUT2D eigenvalue weighted by atomic mass is 16.5. The zero-order valence-corrected chi connectivity index (χ0v) is 20.6. The number of pyridine rings is 1. The van der Waals surface area contributed by atoms with Gasteiger partial charge in [0, 0.05) is 28.8 Å². The fourth-order valence-electron chi connectivity index (χ4n) is 3.74. The zero-order chi connectivity index (χ0) is 26.4. The van der Waals surface area contributed by atoms with E-state index in [9.17, 15) is 19.2 Å². The van der Waals surface area contributed by atoms with E-state index in [1.807, 2.05) is 0 Å². The average Bonchev–Trinajstić information content (AvgIpc) is 3.19. The Morgan fingerprint density at radius 3 is 2.11 bits per heavy atom. The molecular formula is C26H26N2O8. The molecule has 0 saturated carbocycles. The van der Waals surface area contributed by atoms with Gasteiger partial charge in [-0.05, 0) is 57.2 Å². The summed E-state index contributed by atoms with van der Waals surface area (Å²) in [4.78, 5) is 53.9. The van der Waals surface area contributed by atoms with E-state index >= 15 is 0 Å². The van der Waals surface area contributed by atoms with Gasteiger partial charge in [0.05, 0.1) is 32.0 Å². The summed E-state index contributed by atoms with van der Waals surface area (Å²) in [7, 11) is 2.47. The van der Waals surface area contributed by atoms with Crippen LogP contribution in [0.4, 0.5) is 0 Å². The van der Waals surface area contributed by atoms with Crippen molar-refractivity contribution in [2.45, 2.75) is 20.8 Å². The Bertz CT molecular complexity index is 1290. The van der Waals surface area contributed by atoms with Crippen LogP contribution in [0.2, 0.25) is 0 Å². The molecule has 0 unspecified atom stereocenters. The van der Waals surface area contributed by atoms with Crippen molar-refractivity contribution >= 4 is 23.7 Å². The van der Waals surface area contributed by atoms with Crippen molar-refractivity contribution in [3.05, 3.63) is 76.2 Å². The number of hydrogen-bond donors (Lipinski definition) is 0. The Kier molecular flexibility index (Phi) is 8.21. The first-order valence-electron chi connectivity index (χ1n) is 11.0. The van der Waals surface area contributed by atoms with Gasteiger partial charge in [-0.3, -0.25) is 4.79 Å². The maximum Gasteiger partial charge on any atom is 0.344 e. The van der Waals surface area contributed by atoms with Gasteiger partial charge in [0.25, 0.3) is 0 Å². The summed E-state index contributed by atoms with van der Waals surface area (Å²) >= 11 is 0. The third-order valence-electron chi connectivity index (χ3n) is 5.36. The summed E-state index contributed by atoms with van der Waals surface area (Å²) in [5.41, 5.74) is 2.37. The van der Waals surface area contributed by atoms with E-state index < -0.39 is 30.3 Å². The summed E-state index contributed by atoms with van der Waals surface area (Å²) < 4.78 is 21.9. The van der Waals surface area contributed by atoms with Crippen LogP contribution in [-0.2, 0) is 14.2 Å². The Morgan fingerprint density at radius 1 is 0.889 bits per heavy atom. The van der Waals surface area contributed by atoms with Crippen molar-refractivity contribution in [1.82, 2.24) is 9.55 Å². The van der Waals surface area contributed by atoms with Crippen LogP contribution in [0.1, 0.15) is 59.7 Å². The number of benzene rings is 1. The minimum atomic E-state index is -0.734. The molecule has 36 heavy (non-hydrogen) atoms. The van der Waals surface area contributed by atoms with Gasteiger partial charge in [-0.1, -0.05) is 0 Å². The van der Waals surface area contributed by atoms with Gasteiger partial charge in [0.15, 0.2) is 6.61 Å². The van der Waals surface area contributed by atoms with Crippen LogP contribution in [0.15, 0.2) is 42.6 Å². The molecule has 188 valence electrons. The summed E-state index contributed by atoms with van der Waals surface area (Å²) in [5.74, 6) is -2.30. The summed E-state index contributed by atoms with van der Waals surface area (Å²) in [6.07, 6.45) is 1.49. The van der Waals surface area contributed by atoms with Crippen LogP contribution in [0, 0.1) is 13.8 Å². The minimum Gasteiger partial charge on any atom is -0.477 e. The fourth-order valence-corrected chi connectivity index (χ4v) is 3.74. The molecule has 0 saturated heterocycles. The average molecular weight is 495 g/mol. The van der Waals surface area contributed by atoms with Gasteiger partial charge in [-0.15, -0.1) is 0 Å². The second-order valence-corrected chi connectivity index (χ2v) is 7.66. The smallest absolute Gasteiger partial charge is 0.344 e. The molecule has 1 aromatic carbocycles. The Labute approximate surface area is 207 Å². The SMILES string of the molecule is CCOc1ncccc1C(=O)OCC(=O)c1cc(C)n(-c2cc(C(=O)OC)cc(C(=O)OC)c2)c1C. The number of methoxy groups -OCH3 is 2. The predicted molar refractivity (Wildman–Crippen MR) is 128 cm³/mol. The maximum atomic E-state index is 13.0. The minimum absolute atomic E-state index is 0.118. The largest absolute Gasteiger partial charge is 0.477 e. The van der Waals surface area contributed by atoms with Gasteiger partial charge in [0.1, 0.15) is 5.56 Å². The third kappa shape index (κ3) is 5.43. The second kappa shape index (κ2) is 11.3. The second-order valence-electron chi connectivity index (χ2n) is 7.66. The maximum absolute atomic E-state index is 13.0. The molecule has 3 aromatic rings. The molecular weight excluding hydrogens is 468 g/mol. The molecule has 2 aromatic heterocycles. The molecule has 0 aliphatic carbocycles. The monoisotopic (exact) mass is 494 g/mol. The van der Waals surface area contributed by atoms with E-state index in [0.29, 0.717) is 29.2 Å².